The van der Waals surface area contributed by atoms with Crippen molar-refractivity contribution in [1.29, 1.82) is 0 Å². The number of hydrogen-bond donors (Lipinski definition) is 1. The minimum atomic E-state index is -3.41. The molecule has 1 N–H and O–H groups in total. The minimum absolute atomic E-state index is 0.00982. The third kappa shape index (κ3) is 5.55. The fourth-order valence-corrected chi connectivity index (χ4v) is 5.67. The molecular formula is C25H28N4O4S. The zero-order chi connectivity index (χ0) is 24.1. The van der Waals surface area contributed by atoms with Gasteiger partial charge in [0.25, 0.3) is 5.69 Å². The summed E-state index contributed by atoms with van der Waals surface area (Å²) in [6, 6.07) is 23.8. The van der Waals surface area contributed by atoms with E-state index in [2.05, 4.69) is 10.2 Å². The topological polar surface area (TPSA) is 95.8 Å². The van der Waals surface area contributed by atoms with Crippen molar-refractivity contribution in [2.75, 3.05) is 36.4 Å². The normalized spacial score (nSPS) is 15.6. The molecule has 3 aromatic rings. The average molecular weight is 481 g/mol. The Morgan fingerprint density at radius 1 is 0.941 bits per heavy atom. The van der Waals surface area contributed by atoms with Gasteiger partial charge in [-0.3, -0.25) is 10.1 Å². The predicted octanol–water partition coefficient (Wildman–Crippen LogP) is 4.42. The van der Waals surface area contributed by atoms with Crippen molar-refractivity contribution in [3.8, 4) is 0 Å². The number of rotatable bonds is 8. The molecule has 1 atom stereocenters. The van der Waals surface area contributed by atoms with Crippen LogP contribution >= 0.6 is 0 Å². The Labute approximate surface area is 200 Å². The molecule has 34 heavy (non-hydrogen) atoms. The van der Waals surface area contributed by atoms with Crippen LogP contribution in [0.4, 0.5) is 17.1 Å². The number of benzene rings is 3. The number of nitrogens with zero attached hydrogens (tertiary/aromatic N) is 3. The molecule has 1 aliphatic rings. The van der Waals surface area contributed by atoms with Gasteiger partial charge in [-0.05, 0) is 30.2 Å². The minimum Gasteiger partial charge on any atom is -0.373 e. The van der Waals surface area contributed by atoms with Crippen LogP contribution in [0, 0.1) is 10.1 Å². The molecule has 0 radical (unpaired) electrons. The van der Waals surface area contributed by atoms with Gasteiger partial charge in [0.2, 0.25) is 10.0 Å². The van der Waals surface area contributed by atoms with E-state index < -0.39 is 14.9 Å². The molecule has 0 unspecified atom stereocenters. The Bertz CT molecular complexity index is 1230. The second kappa shape index (κ2) is 10.2. The summed E-state index contributed by atoms with van der Waals surface area (Å²) in [7, 11) is -3.41. The van der Waals surface area contributed by atoms with Crippen molar-refractivity contribution in [3.63, 3.8) is 0 Å². The molecule has 178 valence electrons. The van der Waals surface area contributed by atoms with Crippen LogP contribution in [0.3, 0.4) is 0 Å². The second-order valence-electron chi connectivity index (χ2n) is 8.36. The molecule has 0 amide bonds. The van der Waals surface area contributed by atoms with Crippen LogP contribution in [0.5, 0.6) is 0 Å². The molecule has 9 heteroatoms. The summed E-state index contributed by atoms with van der Waals surface area (Å²) >= 11 is 0. The highest BCUT2D eigenvalue weighted by Crippen LogP contribution is 2.33. The lowest BCUT2D eigenvalue weighted by Gasteiger charge is -2.35. The van der Waals surface area contributed by atoms with E-state index in [4.69, 9.17) is 0 Å². The molecule has 0 spiro atoms. The summed E-state index contributed by atoms with van der Waals surface area (Å²) in [6.07, 6.45) is 0. The van der Waals surface area contributed by atoms with Crippen LogP contribution in [0.15, 0.2) is 78.9 Å². The van der Waals surface area contributed by atoms with Crippen LogP contribution in [0.1, 0.15) is 24.1 Å². The molecule has 4 rings (SSSR count). The zero-order valence-electron chi connectivity index (χ0n) is 19.0. The van der Waals surface area contributed by atoms with E-state index in [0.29, 0.717) is 31.9 Å². The lowest BCUT2D eigenvalue weighted by Crippen LogP contribution is -2.49. The molecule has 0 saturated carbocycles. The SMILES string of the molecule is C[C@H](Nc1cc(N2CCN(S(=O)(=O)Cc3ccccc3)CC2)ccc1[N+](=O)[O-])c1ccccc1. The Morgan fingerprint density at radius 3 is 2.18 bits per heavy atom. The number of nitrogens with one attached hydrogen (secondary N) is 1. The molecule has 0 bridgehead atoms. The van der Waals surface area contributed by atoms with Crippen LogP contribution in [0.2, 0.25) is 0 Å². The maximum absolute atomic E-state index is 12.9. The molecule has 3 aromatic carbocycles. The molecular weight excluding hydrogens is 452 g/mol. The number of sulfonamides is 1. The van der Waals surface area contributed by atoms with Gasteiger partial charge in [-0.1, -0.05) is 60.7 Å². The first kappa shape index (κ1) is 23.7. The lowest BCUT2D eigenvalue weighted by atomic mass is 10.1. The van der Waals surface area contributed by atoms with Gasteiger partial charge in [0, 0.05) is 44.0 Å². The first-order valence-electron chi connectivity index (χ1n) is 11.2. The molecule has 0 aliphatic carbocycles. The van der Waals surface area contributed by atoms with E-state index in [1.165, 1.54) is 10.4 Å². The van der Waals surface area contributed by atoms with Crippen molar-refractivity contribution in [2.24, 2.45) is 0 Å². The maximum Gasteiger partial charge on any atom is 0.292 e. The molecule has 1 heterocycles. The van der Waals surface area contributed by atoms with E-state index in [1.54, 1.807) is 12.1 Å². The second-order valence-corrected chi connectivity index (χ2v) is 10.3. The van der Waals surface area contributed by atoms with Crippen molar-refractivity contribution in [3.05, 3.63) is 100 Å². The standard InChI is InChI=1S/C25H28N4O4S/c1-20(22-10-6-3-7-11-22)26-24-18-23(12-13-25(24)29(30)31)27-14-16-28(17-15-27)34(32,33)19-21-8-4-2-5-9-21/h2-13,18,20,26H,14-17,19H2,1H3/t20-/m0/s1. The summed E-state index contributed by atoms with van der Waals surface area (Å²) < 4.78 is 27.2. The predicted molar refractivity (Wildman–Crippen MR) is 134 cm³/mol. The van der Waals surface area contributed by atoms with Gasteiger partial charge in [0.1, 0.15) is 5.69 Å². The van der Waals surface area contributed by atoms with Crippen LogP contribution < -0.4 is 10.2 Å². The van der Waals surface area contributed by atoms with Crippen LogP contribution in [-0.2, 0) is 15.8 Å². The van der Waals surface area contributed by atoms with Crippen molar-refractivity contribution >= 4 is 27.1 Å². The van der Waals surface area contributed by atoms with Crippen LogP contribution in [-0.4, -0.2) is 43.8 Å². The van der Waals surface area contributed by atoms with E-state index in [-0.39, 0.29) is 17.5 Å². The maximum atomic E-state index is 12.9. The summed E-state index contributed by atoms with van der Waals surface area (Å²) in [4.78, 5) is 13.3. The summed E-state index contributed by atoms with van der Waals surface area (Å²) in [5.41, 5.74) is 3.07. The van der Waals surface area contributed by atoms with Gasteiger partial charge in [0.05, 0.1) is 10.7 Å². The van der Waals surface area contributed by atoms with E-state index >= 15 is 0 Å². The highest BCUT2D eigenvalue weighted by atomic mass is 32.2. The van der Waals surface area contributed by atoms with Crippen molar-refractivity contribution in [1.82, 2.24) is 4.31 Å². The zero-order valence-corrected chi connectivity index (χ0v) is 19.8. The number of hydrogen-bond acceptors (Lipinski definition) is 6. The van der Waals surface area contributed by atoms with Gasteiger partial charge in [-0.15, -0.1) is 0 Å². The van der Waals surface area contributed by atoms with Gasteiger partial charge < -0.3 is 10.2 Å². The fraction of sp³-hybridized carbons (Fsp3) is 0.280. The van der Waals surface area contributed by atoms with Gasteiger partial charge in [-0.2, -0.15) is 4.31 Å². The Morgan fingerprint density at radius 2 is 1.56 bits per heavy atom. The van der Waals surface area contributed by atoms with Crippen molar-refractivity contribution in [2.45, 2.75) is 18.7 Å². The van der Waals surface area contributed by atoms with Crippen molar-refractivity contribution < 1.29 is 13.3 Å². The third-order valence-corrected chi connectivity index (χ3v) is 7.89. The van der Waals surface area contributed by atoms with Crippen LogP contribution in [0.25, 0.3) is 0 Å². The smallest absolute Gasteiger partial charge is 0.292 e. The first-order valence-corrected chi connectivity index (χ1v) is 12.8. The highest BCUT2D eigenvalue weighted by Gasteiger charge is 2.28. The number of nitro groups is 1. The average Bonchev–Trinajstić information content (AvgIpc) is 2.85. The Balaban J connectivity index is 1.46. The number of nitro benzene ring substituents is 1. The fourth-order valence-electron chi connectivity index (χ4n) is 4.15. The molecule has 1 saturated heterocycles. The molecule has 8 nitrogen and oxygen atoms in total. The van der Waals surface area contributed by atoms with Gasteiger partial charge in [-0.25, -0.2) is 8.42 Å². The number of piperazine rings is 1. The number of anilines is 2. The third-order valence-electron chi connectivity index (χ3n) is 6.04. The van der Waals surface area contributed by atoms with Gasteiger partial charge >= 0.3 is 0 Å². The molecule has 1 aliphatic heterocycles. The summed E-state index contributed by atoms with van der Waals surface area (Å²) in [6.45, 7) is 3.73. The monoisotopic (exact) mass is 480 g/mol. The molecule has 0 aromatic heterocycles. The Hall–Kier alpha value is -3.43. The largest absolute Gasteiger partial charge is 0.373 e. The van der Waals surface area contributed by atoms with E-state index in [1.807, 2.05) is 67.6 Å². The quantitative estimate of drug-likeness (QED) is 0.379. The lowest BCUT2D eigenvalue weighted by molar-refractivity contribution is -0.384. The summed E-state index contributed by atoms with van der Waals surface area (Å²) in [5, 5.41) is 14.9. The molecule has 1 fully saturated rings. The van der Waals surface area contributed by atoms with Gasteiger partial charge in [0.15, 0.2) is 0 Å². The van der Waals surface area contributed by atoms with E-state index in [9.17, 15) is 18.5 Å². The highest BCUT2D eigenvalue weighted by molar-refractivity contribution is 7.88. The Kier molecular flexibility index (Phi) is 7.14. The first-order chi connectivity index (χ1) is 16.3. The van der Waals surface area contributed by atoms with E-state index in [0.717, 1.165) is 16.8 Å². The summed E-state index contributed by atoms with van der Waals surface area (Å²) in [5.74, 6) is -0.0170.